The van der Waals surface area contributed by atoms with Gasteiger partial charge in [0.15, 0.2) is 0 Å². The highest BCUT2D eigenvalue weighted by atomic mass is 16.5. The number of rotatable bonds is 2. The number of nitrogens with two attached hydrogens (primary N) is 1. The number of benzene rings is 1. The van der Waals surface area contributed by atoms with E-state index >= 15 is 0 Å². The highest BCUT2D eigenvalue weighted by Crippen LogP contribution is 2.44. The van der Waals surface area contributed by atoms with Crippen LogP contribution in [0.1, 0.15) is 30.9 Å². The summed E-state index contributed by atoms with van der Waals surface area (Å²) in [5.74, 6) is 1.19. The van der Waals surface area contributed by atoms with Crippen molar-refractivity contribution in [2.75, 3.05) is 12.3 Å². The molecule has 1 aliphatic carbocycles. The Balaban J connectivity index is 1.85. The van der Waals surface area contributed by atoms with Crippen molar-refractivity contribution >= 4 is 17.0 Å². The molecule has 1 aromatic heterocycles. The van der Waals surface area contributed by atoms with Crippen LogP contribution in [0.5, 0.6) is 0 Å². The molecule has 1 aliphatic heterocycles. The van der Waals surface area contributed by atoms with Gasteiger partial charge in [-0.2, -0.15) is 5.26 Å². The van der Waals surface area contributed by atoms with E-state index in [-0.39, 0.29) is 12.1 Å². The van der Waals surface area contributed by atoms with Crippen LogP contribution in [0.25, 0.3) is 11.0 Å². The Morgan fingerprint density at radius 2 is 2.20 bits per heavy atom. The average molecular weight is 268 g/mol. The van der Waals surface area contributed by atoms with Gasteiger partial charge in [0.2, 0.25) is 5.95 Å². The Morgan fingerprint density at radius 3 is 2.95 bits per heavy atom. The van der Waals surface area contributed by atoms with Crippen molar-refractivity contribution in [1.29, 1.82) is 5.26 Å². The van der Waals surface area contributed by atoms with Crippen LogP contribution in [-0.2, 0) is 4.74 Å². The Morgan fingerprint density at radius 1 is 1.35 bits per heavy atom. The van der Waals surface area contributed by atoms with Crippen molar-refractivity contribution < 1.29 is 4.74 Å². The van der Waals surface area contributed by atoms with Crippen molar-refractivity contribution in [3.8, 4) is 6.07 Å². The van der Waals surface area contributed by atoms with Gasteiger partial charge in [0.05, 0.1) is 34.8 Å². The van der Waals surface area contributed by atoms with Crippen molar-refractivity contribution in [1.82, 2.24) is 9.55 Å². The summed E-state index contributed by atoms with van der Waals surface area (Å²) in [4.78, 5) is 4.42. The molecule has 0 amide bonds. The van der Waals surface area contributed by atoms with Crippen LogP contribution in [-0.4, -0.2) is 22.3 Å². The molecule has 0 radical (unpaired) electrons. The Kier molecular flexibility index (Phi) is 2.48. The quantitative estimate of drug-likeness (QED) is 0.906. The third-order valence-corrected chi connectivity index (χ3v) is 4.37. The van der Waals surface area contributed by atoms with Gasteiger partial charge in [-0.15, -0.1) is 0 Å². The molecule has 2 N–H and O–H groups in total. The highest BCUT2D eigenvalue weighted by molar-refractivity contribution is 5.80. The minimum Gasteiger partial charge on any atom is -0.376 e. The van der Waals surface area contributed by atoms with Crippen molar-refractivity contribution in [2.45, 2.75) is 31.4 Å². The number of ether oxygens (including phenoxy) is 1. The van der Waals surface area contributed by atoms with Crippen molar-refractivity contribution in [2.24, 2.45) is 5.92 Å². The molecule has 2 fully saturated rings. The number of anilines is 1. The first-order valence-electron chi connectivity index (χ1n) is 7.07. The Bertz CT molecular complexity index is 710. The van der Waals surface area contributed by atoms with E-state index in [1.807, 2.05) is 12.1 Å². The van der Waals surface area contributed by atoms with Crippen LogP contribution in [0.3, 0.4) is 0 Å². The molecule has 0 spiro atoms. The first-order valence-corrected chi connectivity index (χ1v) is 7.07. The van der Waals surface area contributed by atoms with Gasteiger partial charge < -0.3 is 15.0 Å². The summed E-state index contributed by atoms with van der Waals surface area (Å²) in [7, 11) is 0. The standard InChI is InChI=1S/C15H16N4O/c16-8-9-1-4-11-13(7-9)19(15(17)18-11)12-5-6-20-14(12)10-2-3-10/h1,4,7,10,12,14H,2-3,5-6H2,(H2,17,18). The predicted molar refractivity (Wildman–Crippen MR) is 75.0 cm³/mol. The third-order valence-electron chi connectivity index (χ3n) is 4.37. The summed E-state index contributed by atoms with van der Waals surface area (Å²) < 4.78 is 7.98. The van der Waals surface area contributed by atoms with E-state index in [4.69, 9.17) is 15.7 Å². The first-order chi connectivity index (χ1) is 9.78. The number of imidazole rings is 1. The fourth-order valence-corrected chi connectivity index (χ4v) is 3.28. The molecule has 2 aromatic rings. The normalized spacial score (nSPS) is 25.9. The van der Waals surface area contributed by atoms with Crippen LogP contribution in [0, 0.1) is 17.2 Å². The average Bonchev–Trinajstić information content (AvgIpc) is 3.10. The maximum absolute atomic E-state index is 9.07. The predicted octanol–water partition coefficient (Wildman–Crippen LogP) is 2.23. The second kappa shape index (κ2) is 4.22. The molecular weight excluding hydrogens is 252 g/mol. The van der Waals surface area contributed by atoms with Crippen LogP contribution in [0.4, 0.5) is 5.95 Å². The summed E-state index contributed by atoms with van der Waals surface area (Å²) in [6.45, 7) is 0.781. The molecule has 0 bridgehead atoms. The molecular formula is C15H16N4O. The molecule has 2 unspecified atom stereocenters. The number of hydrogen-bond acceptors (Lipinski definition) is 4. The molecule has 2 aliphatic rings. The summed E-state index contributed by atoms with van der Waals surface area (Å²) in [6.07, 6.45) is 3.71. The first kappa shape index (κ1) is 11.7. The Hall–Kier alpha value is -2.06. The van der Waals surface area contributed by atoms with Crippen LogP contribution >= 0.6 is 0 Å². The fraction of sp³-hybridized carbons (Fsp3) is 0.467. The number of hydrogen-bond donors (Lipinski definition) is 1. The molecule has 5 nitrogen and oxygen atoms in total. The lowest BCUT2D eigenvalue weighted by molar-refractivity contribution is 0.0762. The molecule has 2 atom stereocenters. The molecule has 20 heavy (non-hydrogen) atoms. The number of nitrogen functional groups attached to an aromatic ring is 1. The van der Waals surface area contributed by atoms with Gasteiger partial charge in [-0.25, -0.2) is 4.98 Å². The minimum absolute atomic E-state index is 0.250. The van der Waals surface area contributed by atoms with E-state index in [2.05, 4.69) is 15.6 Å². The second-order valence-electron chi connectivity index (χ2n) is 5.68. The van der Waals surface area contributed by atoms with Gasteiger partial charge in [-0.3, -0.25) is 0 Å². The number of nitriles is 1. The number of aromatic nitrogens is 2. The summed E-state index contributed by atoms with van der Waals surface area (Å²) in [5, 5.41) is 9.07. The van der Waals surface area contributed by atoms with Gasteiger partial charge in [-0.1, -0.05) is 0 Å². The molecule has 4 rings (SSSR count). The zero-order valence-electron chi connectivity index (χ0n) is 11.1. The summed E-state index contributed by atoms with van der Waals surface area (Å²) in [6, 6.07) is 7.95. The molecule has 2 heterocycles. The molecule has 5 heteroatoms. The van der Waals surface area contributed by atoms with Crippen molar-refractivity contribution in [3.63, 3.8) is 0 Å². The SMILES string of the molecule is N#Cc1ccc2nc(N)n(C3CCOC3C3CC3)c2c1. The van der Waals surface area contributed by atoms with Gasteiger partial charge in [0.1, 0.15) is 0 Å². The van der Waals surface area contributed by atoms with E-state index < -0.39 is 0 Å². The van der Waals surface area contributed by atoms with Gasteiger partial charge >= 0.3 is 0 Å². The van der Waals surface area contributed by atoms with Gasteiger partial charge in [0, 0.05) is 6.61 Å². The smallest absolute Gasteiger partial charge is 0.201 e. The lowest BCUT2D eigenvalue weighted by atomic mass is 10.1. The zero-order chi connectivity index (χ0) is 13.7. The molecule has 1 saturated heterocycles. The maximum atomic E-state index is 9.07. The molecule has 1 aromatic carbocycles. The highest BCUT2D eigenvalue weighted by Gasteiger charge is 2.42. The monoisotopic (exact) mass is 268 g/mol. The molecule has 1 saturated carbocycles. The Labute approximate surface area is 117 Å². The lowest BCUT2D eigenvalue weighted by Crippen LogP contribution is -2.23. The van der Waals surface area contributed by atoms with E-state index in [0.717, 1.165) is 24.1 Å². The fourth-order valence-electron chi connectivity index (χ4n) is 3.28. The topological polar surface area (TPSA) is 76.9 Å². The van der Waals surface area contributed by atoms with Crippen LogP contribution in [0.15, 0.2) is 18.2 Å². The maximum Gasteiger partial charge on any atom is 0.201 e. The van der Waals surface area contributed by atoms with Crippen LogP contribution < -0.4 is 5.73 Å². The zero-order valence-corrected chi connectivity index (χ0v) is 11.1. The van der Waals surface area contributed by atoms with E-state index in [0.29, 0.717) is 17.4 Å². The third kappa shape index (κ3) is 1.69. The van der Waals surface area contributed by atoms with E-state index in [1.165, 1.54) is 12.8 Å². The lowest BCUT2D eigenvalue weighted by Gasteiger charge is -2.21. The number of fused-ring (bicyclic) bond motifs is 1. The van der Waals surface area contributed by atoms with Crippen LogP contribution in [0.2, 0.25) is 0 Å². The second-order valence-corrected chi connectivity index (χ2v) is 5.68. The largest absolute Gasteiger partial charge is 0.376 e. The van der Waals surface area contributed by atoms with Gasteiger partial charge in [-0.05, 0) is 43.4 Å². The molecule has 102 valence electrons. The summed E-state index contributed by atoms with van der Waals surface area (Å²) in [5.41, 5.74) is 8.56. The van der Waals surface area contributed by atoms with Crippen molar-refractivity contribution in [3.05, 3.63) is 23.8 Å². The van der Waals surface area contributed by atoms with E-state index in [1.54, 1.807) is 6.07 Å². The summed E-state index contributed by atoms with van der Waals surface area (Å²) >= 11 is 0. The van der Waals surface area contributed by atoms with Gasteiger partial charge in [0.25, 0.3) is 0 Å². The number of nitrogens with zero attached hydrogens (tertiary/aromatic N) is 3. The minimum atomic E-state index is 0.250. The van der Waals surface area contributed by atoms with E-state index in [9.17, 15) is 0 Å².